The van der Waals surface area contributed by atoms with Crippen LogP contribution < -0.4 is 0 Å². The van der Waals surface area contributed by atoms with Crippen molar-refractivity contribution in [2.24, 2.45) is 0 Å². The Balaban J connectivity index is 1.23. The van der Waals surface area contributed by atoms with Crippen molar-refractivity contribution < 1.29 is 0 Å². The molecule has 0 fully saturated rings. The Kier molecular flexibility index (Phi) is 6.01. The van der Waals surface area contributed by atoms with Crippen molar-refractivity contribution in [3.05, 3.63) is 140 Å². The van der Waals surface area contributed by atoms with Gasteiger partial charge in [-0.15, -0.1) is 0 Å². The van der Waals surface area contributed by atoms with Gasteiger partial charge in [0.1, 0.15) is 0 Å². The fraction of sp³-hybridized carbons (Fsp3) is 0. The number of nitrogens with zero attached hydrogens (tertiary/aromatic N) is 5. The minimum Gasteiger partial charge on any atom is -0.355 e. The van der Waals surface area contributed by atoms with E-state index in [0.717, 1.165) is 61.0 Å². The molecular weight excluding hydrogens is 528 g/mol. The first-order valence-electron chi connectivity index (χ1n) is 14.1. The highest BCUT2D eigenvalue weighted by Gasteiger charge is 2.14. The maximum atomic E-state index is 4.92. The third-order valence-electron chi connectivity index (χ3n) is 7.58. The van der Waals surface area contributed by atoms with Gasteiger partial charge in [0.25, 0.3) is 0 Å². The lowest BCUT2D eigenvalue weighted by Gasteiger charge is -2.08. The molecule has 0 bridgehead atoms. The molecule has 0 spiro atoms. The van der Waals surface area contributed by atoms with E-state index < -0.39 is 0 Å². The van der Waals surface area contributed by atoms with Crippen LogP contribution in [-0.4, -0.2) is 29.9 Å². The van der Waals surface area contributed by atoms with Gasteiger partial charge in [-0.05, 0) is 54.1 Å². The van der Waals surface area contributed by atoms with Gasteiger partial charge < -0.3 is 4.98 Å². The summed E-state index contributed by atoms with van der Waals surface area (Å²) in [5.74, 6) is 1.93. The molecule has 0 aliphatic rings. The normalized spacial score (nSPS) is 11.3. The van der Waals surface area contributed by atoms with Crippen LogP contribution in [0, 0.1) is 0 Å². The number of nitrogens with one attached hydrogen (secondary N) is 1. The number of benzene rings is 4. The number of aromatic amines is 1. The number of rotatable bonds is 5. The van der Waals surface area contributed by atoms with Crippen LogP contribution in [0.15, 0.2) is 140 Å². The van der Waals surface area contributed by atoms with Gasteiger partial charge in [0.15, 0.2) is 17.5 Å². The van der Waals surface area contributed by atoms with Crippen molar-refractivity contribution in [2.75, 3.05) is 0 Å². The molecule has 43 heavy (non-hydrogen) atoms. The molecular formula is C37H24N6. The van der Waals surface area contributed by atoms with E-state index in [1.807, 2.05) is 91.1 Å². The molecule has 4 aromatic carbocycles. The number of pyridine rings is 2. The van der Waals surface area contributed by atoms with Gasteiger partial charge in [-0.1, -0.05) is 78.9 Å². The molecule has 1 N–H and O–H groups in total. The summed E-state index contributed by atoms with van der Waals surface area (Å²) < 4.78 is 0. The third kappa shape index (κ3) is 4.71. The minimum atomic E-state index is 0.634. The predicted molar refractivity (Wildman–Crippen MR) is 172 cm³/mol. The average Bonchev–Trinajstić information content (AvgIpc) is 3.46. The molecule has 0 amide bonds. The average molecular weight is 553 g/mol. The second kappa shape index (κ2) is 10.4. The lowest BCUT2D eigenvalue weighted by Crippen LogP contribution is -2.00. The Labute approximate surface area is 247 Å². The standard InChI is InChI=1S/C37H24N6/c1-3-9-24(10-4-1)35-41-36(25-11-5-2-6-12-25)43-37(42-35)27-15-18-32-30(22-27)29-21-26(14-17-31(29)40-32)28-16-19-34(39-23-28)33-13-7-8-20-38-33/h1-23,40H. The smallest absolute Gasteiger partial charge is 0.164 e. The zero-order chi connectivity index (χ0) is 28.6. The van der Waals surface area contributed by atoms with Gasteiger partial charge in [-0.2, -0.15) is 0 Å². The molecule has 4 aromatic heterocycles. The van der Waals surface area contributed by atoms with Gasteiger partial charge in [0, 0.05) is 56.5 Å². The van der Waals surface area contributed by atoms with E-state index in [2.05, 4.69) is 57.4 Å². The van der Waals surface area contributed by atoms with Crippen molar-refractivity contribution in [1.82, 2.24) is 29.9 Å². The van der Waals surface area contributed by atoms with Crippen LogP contribution in [0.5, 0.6) is 0 Å². The number of aromatic nitrogens is 6. The third-order valence-corrected chi connectivity index (χ3v) is 7.58. The maximum Gasteiger partial charge on any atom is 0.164 e. The summed E-state index contributed by atoms with van der Waals surface area (Å²) in [5, 5.41) is 2.24. The Morgan fingerprint density at radius 1 is 0.395 bits per heavy atom. The lowest BCUT2D eigenvalue weighted by atomic mass is 10.0. The highest BCUT2D eigenvalue weighted by molar-refractivity contribution is 6.09. The molecule has 6 heteroatoms. The first kappa shape index (κ1) is 24.8. The molecule has 6 nitrogen and oxygen atoms in total. The van der Waals surface area contributed by atoms with Gasteiger partial charge in [-0.3, -0.25) is 9.97 Å². The van der Waals surface area contributed by atoms with E-state index in [1.54, 1.807) is 6.20 Å². The lowest BCUT2D eigenvalue weighted by molar-refractivity contribution is 1.07. The van der Waals surface area contributed by atoms with Crippen LogP contribution in [0.2, 0.25) is 0 Å². The molecule has 0 aliphatic carbocycles. The fourth-order valence-electron chi connectivity index (χ4n) is 5.38. The monoisotopic (exact) mass is 552 g/mol. The summed E-state index contributed by atoms with van der Waals surface area (Å²) in [6.07, 6.45) is 3.69. The molecule has 0 saturated heterocycles. The van der Waals surface area contributed by atoms with Gasteiger partial charge >= 0.3 is 0 Å². The quantitative estimate of drug-likeness (QED) is 0.231. The van der Waals surface area contributed by atoms with E-state index >= 15 is 0 Å². The van der Waals surface area contributed by atoms with Crippen molar-refractivity contribution >= 4 is 21.8 Å². The van der Waals surface area contributed by atoms with Crippen LogP contribution in [0.4, 0.5) is 0 Å². The summed E-state index contributed by atoms with van der Waals surface area (Å²) in [6.45, 7) is 0. The van der Waals surface area contributed by atoms with Crippen LogP contribution in [0.1, 0.15) is 0 Å². The van der Waals surface area contributed by atoms with E-state index in [-0.39, 0.29) is 0 Å². The highest BCUT2D eigenvalue weighted by atomic mass is 15.0. The molecule has 8 aromatic rings. The van der Waals surface area contributed by atoms with Crippen molar-refractivity contribution in [2.45, 2.75) is 0 Å². The van der Waals surface area contributed by atoms with E-state index in [1.165, 1.54) is 0 Å². The van der Waals surface area contributed by atoms with E-state index in [9.17, 15) is 0 Å². The van der Waals surface area contributed by atoms with Crippen molar-refractivity contribution in [3.63, 3.8) is 0 Å². The largest absolute Gasteiger partial charge is 0.355 e. The Bertz CT molecular complexity index is 2150. The SMILES string of the molecule is c1ccc(-c2nc(-c3ccccc3)nc(-c3ccc4[nH]c5ccc(-c6ccc(-c7ccccn7)nc6)cc5c4c3)n2)cc1. The van der Waals surface area contributed by atoms with Crippen LogP contribution in [0.25, 0.3) is 78.5 Å². The Morgan fingerprint density at radius 3 is 1.51 bits per heavy atom. The summed E-state index contributed by atoms with van der Waals surface area (Å²) in [5.41, 5.74) is 8.80. The van der Waals surface area contributed by atoms with Crippen molar-refractivity contribution in [3.8, 4) is 56.7 Å². The van der Waals surface area contributed by atoms with Crippen LogP contribution in [-0.2, 0) is 0 Å². The Hall–Kier alpha value is -6.01. The number of hydrogen-bond donors (Lipinski definition) is 1. The highest BCUT2D eigenvalue weighted by Crippen LogP contribution is 2.33. The first-order chi connectivity index (χ1) is 21.3. The molecule has 0 atom stereocenters. The zero-order valence-electron chi connectivity index (χ0n) is 23.0. The number of fused-ring (bicyclic) bond motifs is 3. The maximum absolute atomic E-state index is 4.92. The first-order valence-corrected chi connectivity index (χ1v) is 14.1. The van der Waals surface area contributed by atoms with Crippen LogP contribution >= 0.6 is 0 Å². The molecule has 0 saturated carbocycles. The molecule has 0 unspecified atom stereocenters. The molecule has 0 aliphatic heterocycles. The Morgan fingerprint density at radius 2 is 0.930 bits per heavy atom. The van der Waals surface area contributed by atoms with Crippen LogP contribution in [0.3, 0.4) is 0 Å². The van der Waals surface area contributed by atoms with E-state index in [4.69, 9.17) is 15.0 Å². The fourth-order valence-corrected chi connectivity index (χ4v) is 5.38. The summed E-state index contributed by atoms with van der Waals surface area (Å²) >= 11 is 0. The summed E-state index contributed by atoms with van der Waals surface area (Å²) in [7, 11) is 0. The molecule has 4 heterocycles. The van der Waals surface area contributed by atoms with Gasteiger partial charge in [-0.25, -0.2) is 15.0 Å². The van der Waals surface area contributed by atoms with Gasteiger partial charge in [0.2, 0.25) is 0 Å². The summed E-state index contributed by atoms with van der Waals surface area (Å²) in [6, 6.07) is 42.8. The second-order valence-corrected chi connectivity index (χ2v) is 10.3. The zero-order valence-corrected chi connectivity index (χ0v) is 23.0. The summed E-state index contributed by atoms with van der Waals surface area (Å²) in [4.78, 5) is 27.3. The van der Waals surface area contributed by atoms with E-state index in [0.29, 0.717) is 17.5 Å². The van der Waals surface area contributed by atoms with Gasteiger partial charge in [0.05, 0.1) is 11.4 Å². The number of hydrogen-bond acceptors (Lipinski definition) is 5. The minimum absolute atomic E-state index is 0.634. The molecule has 0 radical (unpaired) electrons. The number of H-pyrrole nitrogens is 1. The molecule has 8 rings (SSSR count). The van der Waals surface area contributed by atoms with Crippen molar-refractivity contribution in [1.29, 1.82) is 0 Å². The second-order valence-electron chi connectivity index (χ2n) is 10.3. The molecule has 202 valence electrons. The topological polar surface area (TPSA) is 80.2 Å². The predicted octanol–water partition coefficient (Wildman–Crippen LogP) is 8.63.